The minimum absolute atomic E-state index is 0.282. The number of imidazole rings is 1. The summed E-state index contributed by atoms with van der Waals surface area (Å²) in [5.41, 5.74) is 1.20. The molecule has 4 rings (SSSR count). The van der Waals surface area contributed by atoms with Crippen LogP contribution < -0.4 is 11.2 Å². The van der Waals surface area contributed by atoms with E-state index in [0.717, 1.165) is 6.42 Å². The van der Waals surface area contributed by atoms with E-state index in [4.69, 9.17) is 0 Å². The summed E-state index contributed by atoms with van der Waals surface area (Å²) in [7, 11) is 0. The normalized spacial score (nSPS) is 11.2. The minimum atomic E-state index is -0.404. The maximum atomic E-state index is 13.6. The highest BCUT2D eigenvalue weighted by Crippen LogP contribution is 2.15. The Morgan fingerprint density at radius 3 is 2.55 bits per heavy atom. The number of benzene rings is 2. The molecule has 0 spiro atoms. The maximum absolute atomic E-state index is 13.6. The van der Waals surface area contributed by atoms with Crippen LogP contribution in [0.3, 0.4) is 0 Å². The Morgan fingerprint density at radius 1 is 1.03 bits per heavy atom. The van der Waals surface area contributed by atoms with Gasteiger partial charge in [-0.25, -0.2) is 18.7 Å². The van der Waals surface area contributed by atoms with Gasteiger partial charge >= 0.3 is 5.69 Å². The third-order valence-electron chi connectivity index (χ3n) is 4.89. The van der Waals surface area contributed by atoms with Crippen molar-refractivity contribution in [2.75, 3.05) is 0 Å². The lowest BCUT2D eigenvalue weighted by Crippen LogP contribution is -2.40. The Morgan fingerprint density at radius 2 is 1.83 bits per heavy atom. The molecule has 0 atom stereocenters. The molecule has 0 saturated carbocycles. The van der Waals surface area contributed by atoms with E-state index in [1.165, 1.54) is 27.6 Å². The van der Waals surface area contributed by atoms with Gasteiger partial charge in [-0.15, -0.1) is 0 Å². The molecule has 0 saturated heterocycles. The quantitative estimate of drug-likeness (QED) is 0.506. The van der Waals surface area contributed by atoms with Crippen LogP contribution in [0.15, 0.2) is 70.5 Å². The summed E-state index contributed by atoms with van der Waals surface area (Å²) >= 11 is 0. The topological polar surface area (TPSA) is 61.8 Å². The Labute approximate surface area is 166 Å². The molecule has 6 nitrogen and oxygen atoms in total. The molecule has 148 valence electrons. The van der Waals surface area contributed by atoms with Crippen molar-refractivity contribution in [3.05, 3.63) is 93.1 Å². The number of nitrogens with zero attached hydrogens (tertiary/aromatic N) is 4. The lowest BCUT2D eigenvalue weighted by atomic mass is 10.2. The zero-order valence-corrected chi connectivity index (χ0v) is 16.1. The Balaban J connectivity index is 1.97. The van der Waals surface area contributed by atoms with Crippen LogP contribution in [0.4, 0.5) is 4.39 Å². The highest BCUT2D eigenvalue weighted by molar-refractivity contribution is 5.72. The molecule has 0 aliphatic heterocycles. The first-order valence-electron chi connectivity index (χ1n) is 9.60. The summed E-state index contributed by atoms with van der Waals surface area (Å²) in [6, 6.07) is 15.4. The molecule has 0 unspecified atom stereocenters. The van der Waals surface area contributed by atoms with Crippen LogP contribution in [0.1, 0.15) is 25.3 Å². The first-order chi connectivity index (χ1) is 14.1. The van der Waals surface area contributed by atoms with Gasteiger partial charge in [0.25, 0.3) is 5.56 Å². The van der Waals surface area contributed by atoms with E-state index in [1.54, 1.807) is 28.8 Å². The largest absolute Gasteiger partial charge is 0.337 e. The molecule has 0 N–H and O–H groups in total. The summed E-state index contributed by atoms with van der Waals surface area (Å²) in [6.07, 6.45) is 3.10. The van der Waals surface area contributed by atoms with Gasteiger partial charge in [0.1, 0.15) is 5.82 Å². The van der Waals surface area contributed by atoms with Gasteiger partial charge in [0.2, 0.25) is 0 Å². The van der Waals surface area contributed by atoms with Crippen LogP contribution in [0.25, 0.3) is 16.9 Å². The summed E-state index contributed by atoms with van der Waals surface area (Å²) in [5.74, 6) is -0.339. The van der Waals surface area contributed by atoms with Crippen LogP contribution in [-0.2, 0) is 13.1 Å². The van der Waals surface area contributed by atoms with Crippen molar-refractivity contribution in [2.45, 2.75) is 32.9 Å². The smallest absolute Gasteiger partial charge is 0.320 e. The van der Waals surface area contributed by atoms with Crippen LogP contribution in [0.2, 0.25) is 0 Å². The number of fused-ring (bicyclic) bond motifs is 1. The first-order valence-corrected chi connectivity index (χ1v) is 9.60. The molecule has 0 radical (unpaired) electrons. The van der Waals surface area contributed by atoms with Crippen molar-refractivity contribution in [3.8, 4) is 5.69 Å². The number of rotatable bonds is 6. The molecule has 0 amide bonds. The SMILES string of the molecule is CCCCn1c(=O)c2c(ncn2Cc2cccc(F)c2)n(-c2ccccc2)c1=O. The molecule has 0 fully saturated rings. The molecule has 7 heteroatoms. The van der Waals surface area contributed by atoms with E-state index >= 15 is 0 Å². The van der Waals surface area contributed by atoms with Gasteiger partial charge < -0.3 is 4.57 Å². The van der Waals surface area contributed by atoms with Crippen LogP contribution >= 0.6 is 0 Å². The standard InChI is InChI=1S/C22H21FN4O2/c1-2-3-12-26-21(28)19-20(27(22(26)29)18-10-5-4-6-11-18)24-15-25(19)14-16-8-7-9-17(23)13-16/h4-11,13,15H,2-3,12,14H2,1H3. The van der Waals surface area contributed by atoms with Gasteiger partial charge in [-0.3, -0.25) is 9.36 Å². The van der Waals surface area contributed by atoms with E-state index < -0.39 is 5.69 Å². The Kier molecular flexibility index (Phi) is 5.12. The fourth-order valence-corrected chi connectivity index (χ4v) is 3.45. The molecule has 2 aromatic carbocycles. The Hall–Kier alpha value is -3.48. The van der Waals surface area contributed by atoms with Gasteiger partial charge in [0, 0.05) is 13.1 Å². The molecule has 0 bridgehead atoms. The first kappa shape index (κ1) is 18.9. The average molecular weight is 392 g/mol. The third-order valence-corrected chi connectivity index (χ3v) is 4.89. The molecule has 0 aliphatic rings. The van der Waals surface area contributed by atoms with Gasteiger partial charge in [0.05, 0.1) is 12.0 Å². The van der Waals surface area contributed by atoms with Crippen molar-refractivity contribution in [1.29, 1.82) is 0 Å². The second kappa shape index (κ2) is 7.87. The summed E-state index contributed by atoms with van der Waals surface area (Å²) in [4.78, 5) is 30.7. The van der Waals surface area contributed by atoms with Crippen molar-refractivity contribution in [1.82, 2.24) is 18.7 Å². The lowest BCUT2D eigenvalue weighted by molar-refractivity contribution is 0.575. The molecule has 0 aliphatic carbocycles. The van der Waals surface area contributed by atoms with Gasteiger partial charge in [-0.2, -0.15) is 0 Å². The number of hydrogen-bond acceptors (Lipinski definition) is 3. The zero-order chi connectivity index (χ0) is 20.4. The molecule has 4 aromatic rings. The minimum Gasteiger partial charge on any atom is -0.320 e. The second-order valence-electron chi connectivity index (χ2n) is 6.94. The van der Waals surface area contributed by atoms with Gasteiger partial charge in [0.15, 0.2) is 11.2 Å². The average Bonchev–Trinajstić information content (AvgIpc) is 3.12. The predicted molar refractivity (Wildman–Crippen MR) is 110 cm³/mol. The van der Waals surface area contributed by atoms with Crippen LogP contribution in [0, 0.1) is 5.82 Å². The summed E-state index contributed by atoms with van der Waals surface area (Å²) in [6.45, 7) is 2.62. The molecule has 29 heavy (non-hydrogen) atoms. The van der Waals surface area contributed by atoms with E-state index in [9.17, 15) is 14.0 Å². The number of para-hydroxylation sites is 1. The van der Waals surface area contributed by atoms with Gasteiger partial charge in [-0.1, -0.05) is 43.7 Å². The van der Waals surface area contributed by atoms with Crippen molar-refractivity contribution >= 4 is 11.2 Å². The van der Waals surface area contributed by atoms with Gasteiger partial charge in [-0.05, 0) is 36.2 Å². The Bertz CT molecular complexity index is 1270. The maximum Gasteiger partial charge on any atom is 0.337 e. The number of unbranched alkanes of at least 4 members (excludes halogenated alkanes) is 1. The van der Waals surface area contributed by atoms with Crippen LogP contribution in [0.5, 0.6) is 0 Å². The van der Waals surface area contributed by atoms with Crippen molar-refractivity contribution in [2.24, 2.45) is 0 Å². The number of halogens is 1. The molecular weight excluding hydrogens is 371 g/mol. The van der Waals surface area contributed by atoms with Crippen molar-refractivity contribution < 1.29 is 4.39 Å². The monoisotopic (exact) mass is 392 g/mol. The fourth-order valence-electron chi connectivity index (χ4n) is 3.45. The molecule has 2 heterocycles. The number of hydrogen-bond donors (Lipinski definition) is 0. The molecule has 2 aromatic heterocycles. The van der Waals surface area contributed by atoms with E-state index in [0.29, 0.717) is 35.4 Å². The summed E-state index contributed by atoms with van der Waals surface area (Å²) in [5, 5.41) is 0. The van der Waals surface area contributed by atoms with E-state index in [2.05, 4.69) is 4.98 Å². The summed E-state index contributed by atoms with van der Waals surface area (Å²) < 4.78 is 18.0. The number of aromatic nitrogens is 4. The van der Waals surface area contributed by atoms with E-state index in [-0.39, 0.29) is 17.9 Å². The zero-order valence-electron chi connectivity index (χ0n) is 16.1. The fraction of sp³-hybridized carbons (Fsp3) is 0.227. The van der Waals surface area contributed by atoms with Crippen LogP contribution in [-0.4, -0.2) is 18.7 Å². The predicted octanol–water partition coefficient (Wildman–Crippen LogP) is 3.34. The van der Waals surface area contributed by atoms with E-state index in [1.807, 2.05) is 25.1 Å². The highest BCUT2D eigenvalue weighted by Gasteiger charge is 2.19. The third kappa shape index (κ3) is 3.51. The second-order valence-corrected chi connectivity index (χ2v) is 6.94. The molecular formula is C22H21FN4O2. The lowest BCUT2D eigenvalue weighted by Gasteiger charge is -2.12. The highest BCUT2D eigenvalue weighted by atomic mass is 19.1. The van der Waals surface area contributed by atoms with Crippen molar-refractivity contribution in [3.63, 3.8) is 0 Å².